The van der Waals surface area contributed by atoms with Crippen LogP contribution >= 0.6 is 15.6 Å². The number of phosphoric ester groups is 2. The van der Waals surface area contributed by atoms with E-state index in [2.05, 4.69) is 191 Å². The van der Waals surface area contributed by atoms with Crippen molar-refractivity contribution in [2.45, 2.75) is 463 Å². The summed E-state index contributed by atoms with van der Waals surface area (Å²) in [6.45, 7) is 2.57. The first-order chi connectivity index (χ1) is 62.2. The summed E-state index contributed by atoms with van der Waals surface area (Å²) in [6.07, 6.45) is 131. The Morgan fingerprint density at radius 2 is 0.417 bits per heavy atom. The van der Waals surface area contributed by atoms with Crippen molar-refractivity contribution >= 4 is 33.6 Å². The van der Waals surface area contributed by atoms with E-state index in [1.807, 2.05) is 0 Å². The van der Waals surface area contributed by atoms with Gasteiger partial charge in [0.2, 0.25) is 0 Å². The minimum atomic E-state index is -4.95. The average molecular weight is 1820 g/mol. The topological polar surface area (TPSA) is 231 Å². The lowest BCUT2D eigenvalue weighted by atomic mass is 10.0. The summed E-state index contributed by atoms with van der Waals surface area (Å²) in [5, 5.41) is 20.8. The highest BCUT2D eigenvalue weighted by molar-refractivity contribution is 7.47. The molecule has 0 aromatic heterocycles. The molecule has 18 heteroatoms. The van der Waals surface area contributed by atoms with Crippen LogP contribution in [0.2, 0.25) is 0 Å². The maximum Gasteiger partial charge on any atom is 0.472 e. The number of carbonyl (C=O) groups excluding carboxylic acids is 3. The number of aliphatic hydroxyl groups excluding tert-OH is 2. The highest BCUT2D eigenvalue weighted by atomic mass is 31.2. The number of ether oxygens (including phenoxy) is 3. The Kier molecular flexibility index (Phi) is 95.9. The number of esters is 3. The van der Waals surface area contributed by atoms with Gasteiger partial charge in [-0.3, -0.25) is 32.5 Å². The molecule has 0 saturated heterocycles. The molecular formula is C109H188O16P2. The number of unbranched alkanes of at least 4 members (excludes halogenated alkanes) is 46. The van der Waals surface area contributed by atoms with Crippen LogP contribution in [0.1, 0.15) is 445 Å². The van der Waals surface area contributed by atoms with E-state index in [4.69, 9.17) is 32.3 Å². The third-order valence-corrected chi connectivity index (χ3v) is 23.8. The van der Waals surface area contributed by atoms with Gasteiger partial charge in [0, 0.05) is 19.3 Å². The first-order valence-electron chi connectivity index (χ1n) is 51.4. The molecule has 0 aromatic rings. The second-order valence-corrected chi connectivity index (χ2v) is 37.2. The van der Waals surface area contributed by atoms with Gasteiger partial charge < -0.3 is 34.2 Å². The van der Waals surface area contributed by atoms with Gasteiger partial charge >= 0.3 is 33.6 Å². The van der Waals surface area contributed by atoms with Gasteiger partial charge in [0.1, 0.15) is 25.4 Å². The minimum absolute atomic E-state index is 0.0840. The fourth-order valence-corrected chi connectivity index (χ4v) is 15.7. The number of aliphatic hydroxyl groups is 2. The first-order valence-corrected chi connectivity index (χ1v) is 54.4. The molecule has 0 saturated carbocycles. The van der Waals surface area contributed by atoms with E-state index >= 15 is 0 Å². The van der Waals surface area contributed by atoms with Gasteiger partial charge in [-0.25, -0.2) is 9.13 Å². The number of hydrogen-bond donors (Lipinski definition) is 4. The quantitative estimate of drug-likeness (QED) is 0.0146. The van der Waals surface area contributed by atoms with Crippen molar-refractivity contribution in [3.63, 3.8) is 0 Å². The number of allylic oxidation sites excluding steroid dienone is 28. The van der Waals surface area contributed by atoms with Crippen LogP contribution in [0.5, 0.6) is 0 Å². The maximum atomic E-state index is 13.1. The molecular weight excluding hydrogens is 1630 g/mol. The van der Waals surface area contributed by atoms with Crippen molar-refractivity contribution < 1.29 is 75.8 Å². The van der Waals surface area contributed by atoms with Crippen molar-refractivity contribution in [1.29, 1.82) is 0 Å². The van der Waals surface area contributed by atoms with Crippen molar-refractivity contribution in [1.82, 2.24) is 0 Å². The summed E-state index contributed by atoms with van der Waals surface area (Å²) in [4.78, 5) is 59.2. The Labute approximate surface area is 777 Å². The molecule has 127 heavy (non-hydrogen) atoms. The van der Waals surface area contributed by atoms with Crippen molar-refractivity contribution in [2.75, 3.05) is 39.6 Å². The summed E-state index contributed by atoms with van der Waals surface area (Å²) in [7, 11) is -9.82. The lowest BCUT2D eigenvalue weighted by molar-refractivity contribution is -0.161. The Bertz CT molecular complexity index is 2990. The van der Waals surface area contributed by atoms with E-state index < -0.39 is 91.5 Å². The van der Waals surface area contributed by atoms with E-state index in [-0.39, 0.29) is 19.3 Å². The van der Waals surface area contributed by atoms with E-state index in [0.29, 0.717) is 19.3 Å². The van der Waals surface area contributed by atoms with Crippen LogP contribution < -0.4 is 0 Å². The predicted octanol–water partition coefficient (Wildman–Crippen LogP) is 32.6. The van der Waals surface area contributed by atoms with Crippen LogP contribution in [-0.4, -0.2) is 95.9 Å². The molecule has 0 aliphatic rings. The molecule has 16 nitrogen and oxygen atoms in total. The molecule has 0 fully saturated rings. The Morgan fingerprint density at radius 3 is 0.661 bits per heavy atom. The van der Waals surface area contributed by atoms with Crippen molar-refractivity contribution in [2.24, 2.45) is 0 Å². The first kappa shape index (κ1) is 122. The van der Waals surface area contributed by atoms with Gasteiger partial charge in [0.25, 0.3) is 0 Å². The zero-order valence-electron chi connectivity index (χ0n) is 80.9. The summed E-state index contributed by atoms with van der Waals surface area (Å²) >= 11 is 0. The third-order valence-electron chi connectivity index (χ3n) is 21.9. The van der Waals surface area contributed by atoms with E-state index in [9.17, 15) is 43.5 Å². The van der Waals surface area contributed by atoms with Crippen LogP contribution in [0.3, 0.4) is 0 Å². The van der Waals surface area contributed by atoms with E-state index in [0.717, 1.165) is 154 Å². The molecule has 0 rings (SSSR count). The fraction of sp³-hybridized carbons (Fsp3) is 0.716. The number of phosphoric acid groups is 2. The number of rotatable bonds is 97. The second-order valence-electron chi connectivity index (χ2n) is 34.3. The number of carbonyl (C=O) groups is 3. The van der Waals surface area contributed by atoms with Gasteiger partial charge in [-0.2, -0.15) is 0 Å². The number of hydrogen-bond acceptors (Lipinski definition) is 14. The zero-order valence-corrected chi connectivity index (χ0v) is 82.7. The molecule has 0 radical (unpaired) electrons. The second kappa shape index (κ2) is 99.9. The van der Waals surface area contributed by atoms with Gasteiger partial charge in [-0.15, -0.1) is 0 Å². The van der Waals surface area contributed by atoms with Crippen LogP contribution in [0, 0.1) is 0 Å². The monoisotopic (exact) mass is 1820 g/mol. The molecule has 0 aromatic carbocycles. The lowest BCUT2D eigenvalue weighted by Gasteiger charge is -2.21. The molecule has 0 aliphatic carbocycles. The van der Waals surface area contributed by atoms with Gasteiger partial charge in [0.15, 0.2) is 6.10 Å². The Hall–Kier alpha value is -5.09. The molecule has 0 spiro atoms. The van der Waals surface area contributed by atoms with Crippen molar-refractivity contribution in [3.05, 3.63) is 170 Å². The zero-order chi connectivity index (χ0) is 92.1. The van der Waals surface area contributed by atoms with Gasteiger partial charge in [0.05, 0.1) is 26.4 Å². The van der Waals surface area contributed by atoms with Crippen molar-refractivity contribution in [3.8, 4) is 0 Å². The van der Waals surface area contributed by atoms with E-state index in [1.54, 1.807) is 0 Å². The van der Waals surface area contributed by atoms with Crippen LogP contribution in [0.15, 0.2) is 170 Å². The fourth-order valence-electron chi connectivity index (χ4n) is 14.1. The molecule has 5 unspecified atom stereocenters. The van der Waals surface area contributed by atoms with Gasteiger partial charge in [-0.1, -0.05) is 435 Å². The molecule has 5 atom stereocenters. The largest absolute Gasteiger partial charge is 0.472 e. The molecule has 0 amide bonds. The summed E-state index contributed by atoms with van der Waals surface area (Å²) in [6, 6.07) is 0. The third kappa shape index (κ3) is 101. The lowest BCUT2D eigenvalue weighted by Crippen LogP contribution is -2.30. The Balaban J connectivity index is 4.60. The smallest absolute Gasteiger partial charge is 0.463 e. The highest BCUT2D eigenvalue weighted by Crippen LogP contribution is 2.45. The van der Waals surface area contributed by atoms with Crippen LogP contribution in [-0.2, 0) is 55.8 Å². The summed E-state index contributed by atoms with van der Waals surface area (Å²) in [5.41, 5.74) is 0. The normalized spacial score (nSPS) is 14.4. The standard InChI is InChI=1S/C109H188O16P2/c1-4-7-10-13-16-19-22-25-28-31-34-37-40-43-45-47-49-51-53-55-57-60-62-65-68-71-74-77-80-83-86-89-92-95-107(112)119-98-104(110)99-121-126(115,116)122-100-105(111)101-123-127(117,118)124-103-106(125-109(114)97-94-91-88-85-82-79-76-73-70-67-64-59-42-39-36-33-30-27-24-21-18-15-12-9-6-3)102-120-108(113)96-93-90-87-84-81-78-75-72-69-66-63-61-58-56-54-52-50-48-46-44-41-38-35-32-29-26-23-20-17-14-11-8-5-2/h9,12,16-21,25-30,34-39,43-46,59,64,70,73,104-106,110-111H,4-8,10-11,13-15,22-24,31-33,40-42,47-58,60-63,65-69,71-72,74-103H2,1-3H3,(H,115,116)(H,117,118)/b12-9-,19-16-,20-17-,21-18-,28-25-,29-26-,30-27-,37-34-,38-35-,39-36-,45-43-,46-44-,64-59-,73-70-. The maximum absolute atomic E-state index is 13.1. The Morgan fingerprint density at radius 1 is 0.228 bits per heavy atom. The summed E-state index contributed by atoms with van der Waals surface area (Å²) in [5.74, 6) is -1.58. The molecule has 730 valence electrons. The molecule has 0 bridgehead atoms. The molecule has 0 heterocycles. The van der Waals surface area contributed by atoms with E-state index in [1.165, 1.54) is 231 Å². The molecule has 4 N–H and O–H groups in total. The van der Waals surface area contributed by atoms with Gasteiger partial charge in [-0.05, 0) is 161 Å². The minimum Gasteiger partial charge on any atom is -0.463 e. The SMILES string of the molecule is CC/C=C\C/C=C\C/C=C\C/C=C\C/C=C\C/C=C\CCCCCCCCC(=O)OC(COC(=O)CCCCCCCCCCCCCCCCCCC/C=C\C/C=C\C/C=C\C/C=C\CCCCC)COP(=O)(O)OCC(O)COP(=O)(O)OCC(O)COC(=O)CCCCCCCCCCCCCCCCCCC/C=C\C/C=C\C/C=C\C/C=C\CCCCC. The summed E-state index contributed by atoms with van der Waals surface area (Å²) < 4.78 is 61.7. The van der Waals surface area contributed by atoms with Crippen LogP contribution in [0.4, 0.5) is 0 Å². The highest BCUT2D eigenvalue weighted by Gasteiger charge is 2.30. The predicted molar refractivity (Wildman–Crippen MR) is 537 cm³/mol. The van der Waals surface area contributed by atoms with Crippen LogP contribution in [0.25, 0.3) is 0 Å². The average Bonchev–Trinajstić information content (AvgIpc) is 0.899. The molecule has 0 aliphatic heterocycles.